The lowest BCUT2D eigenvalue weighted by atomic mass is 10.1. The summed E-state index contributed by atoms with van der Waals surface area (Å²) >= 11 is 0. The average Bonchev–Trinajstić information content (AvgIpc) is 2.10. The highest BCUT2D eigenvalue weighted by Gasteiger charge is 2.24. The summed E-state index contributed by atoms with van der Waals surface area (Å²) in [6.45, 7) is 6.59. The maximum Gasteiger partial charge on any atom is 0.0979 e. The highest BCUT2D eigenvalue weighted by molar-refractivity contribution is 4.93. The molecule has 0 bridgehead atoms. The van der Waals surface area contributed by atoms with E-state index in [-0.39, 0.29) is 6.04 Å². The van der Waals surface area contributed by atoms with Gasteiger partial charge in [0.25, 0.3) is 0 Å². The zero-order valence-electron chi connectivity index (χ0n) is 7.79. The van der Waals surface area contributed by atoms with Gasteiger partial charge in [-0.05, 0) is 13.3 Å². The number of hydrogen-bond donors (Lipinski definition) is 0. The van der Waals surface area contributed by atoms with E-state index in [4.69, 9.17) is 10.00 Å². The van der Waals surface area contributed by atoms with Crippen molar-refractivity contribution in [3.8, 4) is 6.07 Å². The van der Waals surface area contributed by atoms with Gasteiger partial charge in [-0.1, -0.05) is 6.92 Å². The Labute approximate surface area is 73.9 Å². The van der Waals surface area contributed by atoms with Crippen LogP contribution in [-0.2, 0) is 4.74 Å². The van der Waals surface area contributed by atoms with Gasteiger partial charge in [0, 0.05) is 12.6 Å². The minimum absolute atomic E-state index is 0.0731. The lowest BCUT2D eigenvalue weighted by molar-refractivity contribution is -0.0122. The molecular weight excluding hydrogens is 152 g/mol. The normalized spacial score (nSPS) is 27.9. The number of nitriles is 1. The van der Waals surface area contributed by atoms with Crippen LogP contribution in [-0.4, -0.2) is 36.7 Å². The molecule has 1 heterocycles. The van der Waals surface area contributed by atoms with E-state index in [1.54, 1.807) is 0 Å². The van der Waals surface area contributed by atoms with Gasteiger partial charge in [-0.2, -0.15) is 5.26 Å². The summed E-state index contributed by atoms with van der Waals surface area (Å²) in [5.41, 5.74) is 0. The van der Waals surface area contributed by atoms with Gasteiger partial charge in [0.15, 0.2) is 0 Å². The van der Waals surface area contributed by atoms with Crippen LogP contribution in [0, 0.1) is 11.3 Å². The fourth-order valence-corrected chi connectivity index (χ4v) is 1.60. The van der Waals surface area contributed by atoms with Crippen molar-refractivity contribution in [2.24, 2.45) is 0 Å². The van der Waals surface area contributed by atoms with Gasteiger partial charge in [-0.15, -0.1) is 0 Å². The molecule has 68 valence electrons. The van der Waals surface area contributed by atoms with E-state index >= 15 is 0 Å². The lowest BCUT2D eigenvalue weighted by Gasteiger charge is -2.35. The van der Waals surface area contributed by atoms with Gasteiger partial charge < -0.3 is 4.74 Å². The van der Waals surface area contributed by atoms with Crippen molar-refractivity contribution in [3.05, 3.63) is 0 Å². The standard InChI is InChI=1S/C9H16N2O/c1-3-9(6-10)11-4-5-12-7-8(11)2/h8-9H,3-5,7H2,1-2H3. The smallest absolute Gasteiger partial charge is 0.0979 e. The molecule has 2 atom stereocenters. The molecule has 1 saturated heterocycles. The second-order valence-corrected chi connectivity index (χ2v) is 3.21. The van der Waals surface area contributed by atoms with Gasteiger partial charge in [0.1, 0.15) is 0 Å². The van der Waals surface area contributed by atoms with Crippen LogP contribution in [0.15, 0.2) is 0 Å². The molecule has 12 heavy (non-hydrogen) atoms. The van der Waals surface area contributed by atoms with Crippen LogP contribution in [0.1, 0.15) is 20.3 Å². The first-order valence-electron chi connectivity index (χ1n) is 4.52. The maximum absolute atomic E-state index is 8.86. The van der Waals surface area contributed by atoms with E-state index < -0.39 is 0 Å². The SMILES string of the molecule is CCC(C#N)N1CCOCC1C. The van der Waals surface area contributed by atoms with Crippen LogP contribution in [0.25, 0.3) is 0 Å². The molecule has 0 aromatic carbocycles. The van der Waals surface area contributed by atoms with Crippen LogP contribution in [0.4, 0.5) is 0 Å². The molecular formula is C9H16N2O. The van der Waals surface area contributed by atoms with Gasteiger partial charge in [-0.3, -0.25) is 4.90 Å². The minimum Gasteiger partial charge on any atom is -0.379 e. The van der Waals surface area contributed by atoms with Crippen molar-refractivity contribution in [2.45, 2.75) is 32.4 Å². The topological polar surface area (TPSA) is 36.3 Å². The molecule has 1 aliphatic rings. The first-order valence-corrected chi connectivity index (χ1v) is 4.52. The van der Waals surface area contributed by atoms with Crippen molar-refractivity contribution in [3.63, 3.8) is 0 Å². The first-order chi connectivity index (χ1) is 5.79. The molecule has 0 N–H and O–H groups in total. The monoisotopic (exact) mass is 168 g/mol. The first kappa shape index (κ1) is 9.50. The molecule has 0 aliphatic carbocycles. The molecule has 1 aliphatic heterocycles. The predicted octanol–water partition coefficient (Wildman–Crippen LogP) is 1.01. The Morgan fingerprint density at radius 2 is 2.50 bits per heavy atom. The van der Waals surface area contributed by atoms with Gasteiger partial charge in [0.05, 0.1) is 25.3 Å². The van der Waals surface area contributed by atoms with Gasteiger partial charge >= 0.3 is 0 Å². The zero-order chi connectivity index (χ0) is 8.97. The molecule has 0 amide bonds. The fraction of sp³-hybridized carbons (Fsp3) is 0.889. The van der Waals surface area contributed by atoms with E-state index in [9.17, 15) is 0 Å². The Morgan fingerprint density at radius 1 is 1.75 bits per heavy atom. The minimum atomic E-state index is 0.0731. The molecule has 0 radical (unpaired) electrons. The molecule has 1 rings (SSSR count). The second-order valence-electron chi connectivity index (χ2n) is 3.21. The van der Waals surface area contributed by atoms with E-state index in [0.29, 0.717) is 6.04 Å². The Morgan fingerprint density at radius 3 is 3.00 bits per heavy atom. The van der Waals surface area contributed by atoms with Crippen molar-refractivity contribution in [1.29, 1.82) is 5.26 Å². The predicted molar refractivity (Wildman–Crippen MR) is 46.7 cm³/mol. The van der Waals surface area contributed by atoms with Crippen LogP contribution < -0.4 is 0 Å². The highest BCUT2D eigenvalue weighted by atomic mass is 16.5. The Hall–Kier alpha value is -0.590. The van der Waals surface area contributed by atoms with E-state index in [0.717, 1.165) is 26.2 Å². The highest BCUT2D eigenvalue weighted by Crippen LogP contribution is 2.12. The summed E-state index contributed by atoms with van der Waals surface area (Å²) < 4.78 is 5.30. The number of nitrogens with zero attached hydrogens (tertiary/aromatic N) is 2. The third kappa shape index (κ3) is 1.96. The molecule has 0 aromatic heterocycles. The Bertz CT molecular complexity index is 176. The van der Waals surface area contributed by atoms with E-state index in [2.05, 4.69) is 24.8 Å². The number of morpholine rings is 1. The molecule has 2 unspecified atom stereocenters. The molecule has 0 spiro atoms. The molecule has 0 saturated carbocycles. The fourth-order valence-electron chi connectivity index (χ4n) is 1.60. The van der Waals surface area contributed by atoms with Crippen molar-refractivity contribution >= 4 is 0 Å². The third-order valence-corrected chi connectivity index (χ3v) is 2.36. The lowest BCUT2D eigenvalue weighted by Crippen LogP contribution is -2.48. The van der Waals surface area contributed by atoms with Crippen molar-refractivity contribution in [2.75, 3.05) is 19.8 Å². The quantitative estimate of drug-likeness (QED) is 0.617. The Kier molecular flexibility index (Phi) is 3.51. The van der Waals surface area contributed by atoms with Crippen molar-refractivity contribution in [1.82, 2.24) is 4.90 Å². The average molecular weight is 168 g/mol. The van der Waals surface area contributed by atoms with Crippen LogP contribution in [0.3, 0.4) is 0 Å². The summed E-state index contributed by atoms with van der Waals surface area (Å²) in [5, 5.41) is 8.86. The third-order valence-electron chi connectivity index (χ3n) is 2.36. The number of rotatable bonds is 2. The molecule has 0 aromatic rings. The second kappa shape index (κ2) is 4.44. The molecule has 3 nitrogen and oxygen atoms in total. The summed E-state index contributed by atoms with van der Waals surface area (Å²) in [4.78, 5) is 2.23. The summed E-state index contributed by atoms with van der Waals surface area (Å²) in [6, 6.07) is 2.79. The number of ether oxygens (including phenoxy) is 1. The zero-order valence-corrected chi connectivity index (χ0v) is 7.79. The van der Waals surface area contributed by atoms with Crippen molar-refractivity contribution < 1.29 is 4.74 Å². The number of hydrogen-bond acceptors (Lipinski definition) is 3. The largest absolute Gasteiger partial charge is 0.379 e. The van der Waals surface area contributed by atoms with E-state index in [1.807, 2.05) is 0 Å². The maximum atomic E-state index is 8.86. The molecule has 3 heteroatoms. The summed E-state index contributed by atoms with van der Waals surface area (Å²) in [6.07, 6.45) is 0.904. The van der Waals surface area contributed by atoms with Crippen LogP contribution >= 0.6 is 0 Å². The van der Waals surface area contributed by atoms with Crippen LogP contribution in [0.2, 0.25) is 0 Å². The van der Waals surface area contributed by atoms with Crippen LogP contribution in [0.5, 0.6) is 0 Å². The molecule has 1 fully saturated rings. The van der Waals surface area contributed by atoms with E-state index in [1.165, 1.54) is 0 Å². The Balaban J connectivity index is 2.53. The summed E-state index contributed by atoms with van der Waals surface area (Å²) in [5.74, 6) is 0. The van der Waals surface area contributed by atoms with Gasteiger partial charge in [0.2, 0.25) is 0 Å². The summed E-state index contributed by atoms with van der Waals surface area (Å²) in [7, 11) is 0. The van der Waals surface area contributed by atoms with Gasteiger partial charge in [-0.25, -0.2) is 0 Å².